The number of rotatable bonds is 3. The van der Waals surface area contributed by atoms with Gasteiger partial charge in [0.1, 0.15) is 5.82 Å². The van der Waals surface area contributed by atoms with Gasteiger partial charge in [0.15, 0.2) is 0 Å². The highest BCUT2D eigenvalue weighted by Crippen LogP contribution is 2.46. The summed E-state index contributed by atoms with van der Waals surface area (Å²) in [5, 5.41) is 3.43. The second kappa shape index (κ2) is 6.06. The molecular weight excluding hydrogens is 317 g/mol. The van der Waals surface area contributed by atoms with E-state index in [1.807, 2.05) is 20.2 Å². The lowest BCUT2D eigenvalue weighted by atomic mass is 9.73. The maximum absolute atomic E-state index is 14.0. The number of benzene rings is 2. The first-order chi connectivity index (χ1) is 11.7. The molecule has 0 saturated heterocycles. The van der Waals surface area contributed by atoms with Crippen molar-refractivity contribution < 1.29 is 9.18 Å². The first kappa shape index (κ1) is 17.3. The number of nitrogens with two attached hydrogens (primary N) is 1. The van der Waals surface area contributed by atoms with Crippen LogP contribution in [0.25, 0.3) is 0 Å². The molecule has 5 heteroatoms. The summed E-state index contributed by atoms with van der Waals surface area (Å²) in [5.74, 6) is -1.06. The largest absolute Gasteiger partial charge is 0.378 e. The fraction of sp³-hybridized carbons (Fsp3) is 0.350. The van der Waals surface area contributed by atoms with Crippen molar-refractivity contribution in [2.45, 2.75) is 31.7 Å². The normalized spacial score (nSPS) is 18.2. The predicted octanol–water partition coefficient (Wildman–Crippen LogP) is 3.83. The van der Waals surface area contributed by atoms with Gasteiger partial charge in [0.25, 0.3) is 5.91 Å². The molecule has 0 aromatic heterocycles. The van der Waals surface area contributed by atoms with Gasteiger partial charge in [0.05, 0.1) is 17.3 Å². The molecule has 0 aliphatic carbocycles. The highest BCUT2D eigenvalue weighted by atomic mass is 19.1. The van der Waals surface area contributed by atoms with Crippen molar-refractivity contribution in [2.24, 2.45) is 5.73 Å². The molecule has 132 valence electrons. The Morgan fingerprint density at radius 2 is 2.00 bits per heavy atom. The number of fused-ring (bicyclic) bond motifs is 1. The highest BCUT2D eigenvalue weighted by Gasteiger charge is 2.36. The van der Waals surface area contributed by atoms with Gasteiger partial charge in [-0.15, -0.1) is 0 Å². The van der Waals surface area contributed by atoms with E-state index in [1.165, 1.54) is 12.1 Å². The van der Waals surface area contributed by atoms with Crippen LogP contribution in [0.1, 0.15) is 47.8 Å². The molecule has 0 radical (unpaired) electrons. The molecule has 2 aromatic carbocycles. The van der Waals surface area contributed by atoms with E-state index in [2.05, 4.69) is 42.3 Å². The first-order valence-electron chi connectivity index (χ1n) is 8.37. The number of hydrogen-bond donors (Lipinski definition) is 2. The number of nitrogens with zero attached hydrogens (tertiary/aromatic N) is 1. The van der Waals surface area contributed by atoms with Gasteiger partial charge < -0.3 is 16.0 Å². The number of nitrogens with one attached hydrogen (secondary N) is 1. The monoisotopic (exact) mass is 341 g/mol. The molecule has 4 nitrogen and oxygen atoms in total. The average Bonchev–Trinajstić information content (AvgIpc) is 2.54. The second-order valence-corrected chi connectivity index (χ2v) is 7.51. The number of primary amides is 1. The topological polar surface area (TPSA) is 58.4 Å². The summed E-state index contributed by atoms with van der Waals surface area (Å²) in [6.45, 7) is 4.14. The predicted molar refractivity (Wildman–Crippen MR) is 99.7 cm³/mol. The van der Waals surface area contributed by atoms with Gasteiger partial charge in [-0.2, -0.15) is 0 Å². The van der Waals surface area contributed by atoms with Crippen LogP contribution < -0.4 is 16.0 Å². The van der Waals surface area contributed by atoms with Crippen LogP contribution in [0.3, 0.4) is 0 Å². The average molecular weight is 341 g/mol. The molecule has 1 aliphatic rings. The van der Waals surface area contributed by atoms with Crippen molar-refractivity contribution >= 4 is 17.3 Å². The van der Waals surface area contributed by atoms with Crippen molar-refractivity contribution in [1.82, 2.24) is 0 Å². The molecular formula is C20H24FN3O. The van der Waals surface area contributed by atoms with E-state index in [-0.39, 0.29) is 17.0 Å². The number of hydrogen-bond acceptors (Lipinski definition) is 3. The Balaban J connectivity index is 2.09. The third kappa shape index (κ3) is 3.18. The quantitative estimate of drug-likeness (QED) is 0.892. The first-order valence-corrected chi connectivity index (χ1v) is 8.37. The van der Waals surface area contributed by atoms with Crippen LogP contribution in [-0.2, 0) is 5.41 Å². The highest BCUT2D eigenvalue weighted by molar-refractivity contribution is 5.99. The Kier molecular flexibility index (Phi) is 4.19. The lowest BCUT2D eigenvalue weighted by Crippen LogP contribution is -2.33. The zero-order chi connectivity index (χ0) is 18.4. The van der Waals surface area contributed by atoms with E-state index in [9.17, 15) is 9.18 Å². The summed E-state index contributed by atoms with van der Waals surface area (Å²) in [5.41, 5.74) is 9.08. The maximum Gasteiger partial charge on any atom is 0.250 e. The van der Waals surface area contributed by atoms with Gasteiger partial charge in [-0.25, -0.2) is 4.39 Å². The van der Waals surface area contributed by atoms with Crippen molar-refractivity contribution in [1.29, 1.82) is 0 Å². The van der Waals surface area contributed by atoms with Gasteiger partial charge in [-0.1, -0.05) is 26.0 Å². The van der Waals surface area contributed by atoms with E-state index < -0.39 is 11.7 Å². The Morgan fingerprint density at radius 3 is 2.64 bits per heavy atom. The standard InChI is InChI=1S/C20H24FN3O/c1-20(2)11-17(12-6-5-7-14(8-12)24(3)4)23-18-15(19(22)25)9-13(21)10-16(18)20/h5-10,17,23H,11H2,1-4H3,(H2,22,25). The van der Waals surface area contributed by atoms with Gasteiger partial charge in [0, 0.05) is 19.8 Å². The minimum Gasteiger partial charge on any atom is -0.378 e. The van der Waals surface area contributed by atoms with Crippen LogP contribution in [0.2, 0.25) is 0 Å². The van der Waals surface area contributed by atoms with Gasteiger partial charge >= 0.3 is 0 Å². The lowest BCUT2D eigenvalue weighted by Gasteiger charge is -2.40. The molecule has 1 amide bonds. The van der Waals surface area contributed by atoms with Gasteiger partial charge in [-0.05, 0) is 47.2 Å². The minimum atomic E-state index is -0.623. The Morgan fingerprint density at radius 1 is 1.28 bits per heavy atom. The second-order valence-electron chi connectivity index (χ2n) is 7.51. The molecule has 25 heavy (non-hydrogen) atoms. The zero-order valence-electron chi connectivity index (χ0n) is 15.1. The minimum absolute atomic E-state index is 0.0194. The van der Waals surface area contributed by atoms with Crippen LogP contribution in [-0.4, -0.2) is 20.0 Å². The number of halogens is 1. The Hall–Kier alpha value is -2.56. The summed E-state index contributed by atoms with van der Waals surface area (Å²) in [6.07, 6.45) is 0.790. The molecule has 2 aromatic rings. The van der Waals surface area contributed by atoms with E-state index in [0.29, 0.717) is 5.69 Å². The lowest BCUT2D eigenvalue weighted by molar-refractivity contribution is 0.1000. The molecule has 0 bridgehead atoms. The Labute approximate surface area is 147 Å². The third-order valence-corrected chi connectivity index (χ3v) is 4.92. The SMILES string of the molecule is CN(C)c1cccc(C2CC(C)(C)c3cc(F)cc(C(N)=O)c3N2)c1. The van der Waals surface area contributed by atoms with E-state index in [4.69, 9.17) is 5.73 Å². The fourth-order valence-electron chi connectivity index (χ4n) is 3.56. The third-order valence-electron chi connectivity index (χ3n) is 4.92. The Bertz CT molecular complexity index is 830. The number of anilines is 2. The van der Waals surface area contributed by atoms with Crippen LogP contribution in [0.5, 0.6) is 0 Å². The van der Waals surface area contributed by atoms with Gasteiger partial charge in [0.2, 0.25) is 0 Å². The van der Waals surface area contributed by atoms with Crippen LogP contribution in [0.4, 0.5) is 15.8 Å². The fourth-order valence-corrected chi connectivity index (χ4v) is 3.56. The smallest absolute Gasteiger partial charge is 0.250 e. The van der Waals surface area contributed by atoms with Crippen LogP contribution in [0, 0.1) is 5.82 Å². The maximum atomic E-state index is 14.0. The molecule has 3 rings (SSSR count). The van der Waals surface area contributed by atoms with E-state index >= 15 is 0 Å². The van der Waals surface area contributed by atoms with Gasteiger partial charge in [-0.3, -0.25) is 4.79 Å². The molecule has 1 unspecified atom stereocenters. The van der Waals surface area contributed by atoms with Crippen LogP contribution >= 0.6 is 0 Å². The van der Waals surface area contributed by atoms with Crippen molar-refractivity contribution in [3.8, 4) is 0 Å². The summed E-state index contributed by atoms with van der Waals surface area (Å²) in [7, 11) is 4.00. The van der Waals surface area contributed by atoms with E-state index in [0.717, 1.165) is 23.2 Å². The zero-order valence-corrected chi connectivity index (χ0v) is 15.1. The summed E-state index contributed by atoms with van der Waals surface area (Å²) >= 11 is 0. The van der Waals surface area contributed by atoms with Crippen molar-refractivity contribution in [3.05, 3.63) is 58.9 Å². The molecule has 0 spiro atoms. The van der Waals surface area contributed by atoms with Crippen molar-refractivity contribution in [3.63, 3.8) is 0 Å². The summed E-state index contributed by atoms with van der Waals surface area (Å²) in [6, 6.07) is 11.0. The van der Waals surface area contributed by atoms with E-state index in [1.54, 1.807) is 0 Å². The van der Waals surface area contributed by atoms with Crippen LogP contribution in [0.15, 0.2) is 36.4 Å². The van der Waals surface area contributed by atoms with Crippen molar-refractivity contribution in [2.75, 3.05) is 24.3 Å². The number of carbonyl (C=O) groups is 1. The number of carbonyl (C=O) groups excluding carboxylic acids is 1. The molecule has 3 N–H and O–H groups in total. The molecule has 0 fully saturated rings. The molecule has 0 saturated carbocycles. The molecule has 1 heterocycles. The number of amides is 1. The summed E-state index contributed by atoms with van der Waals surface area (Å²) in [4.78, 5) is 13.9. The molecule has 1 atom stereocenters. The molecule has 1 aliphatic heterocycles. The summed E-state index contributed by atoms with van der Waals surface area (Å²) < 4.78 is 14.0.